The second-order valence-corrected chi connectivity index (χ2v) is 10.5. The van der Waals surface area contributed by atoms with Crippen molar-refractivity contribution in [1.82, 2.24) is 9.80 Å². The molecule has 0 atom stereocenters. The molecule has 0 spiro atoms. The minimum absolute atomic E-state index is 0.389. The molecule has 0 amide bonds. The second kappa shape index (κ2) is 14.6. The molecule has 2 aliphatic heterocycles. The molecule has 0 saturated heterocycles. The monoisotopic (exact) mass is 528 g/mol. The summed E-state index contributed by atoms with van der Waals surface area (Å²) in [4.78, 5) is 4.82. The van der Waals surface area contributed by atoms with Gasteiger partial charge in [-0.1, -0.05) is 27.7 Å². The number of ether oxygens (including phenoxy) is 4. The SMILES string of the molecule is CC.COc1cc2c(c(OC)c1C(C)C)CN(C(C)C)CC2.COc1cc2c(c(OC)c1C)CN(C)CC2. The molecule has 2 aliphatic rings. The van der Waals surface area contributed by atoms with Gasteiger partial charge >= 0.3 is 0 Å². The number of nitrogens with zero attached hydrogens (tertiary/aromatic N) is 2. The average molecular weight is 529 g/mol. The van der Waals surface area contributed by atoms with Gasteiger partial charge in [0, 0.05) is 54.5 Å². The summed E-state index contributed by atoms with van der Waals surface area (Å²) >= 11 is 0. The molecule has 2 heterocycles. The van der Waals surface area contributed by atoms with Crippen LogP contribution in [0.25, 0.3) is 0 Å². The van der Waals surface area contributed by atoms with Crippen LogP contribution in [0.2, 0.25) is 0 Å². The quantitative estimate of drug-likeness (QED) is 0.420. The summed E-state index contributed by atoms with van der Waals surface area (Å²) in [5.74, 6) is 4.30. The maximum absolute atomic E-state index is 5.77. The first kappa shape index (κ1) is 31.8. The molecule has 0 saturated carbocycles. The maximum atomic E-state index is 5.77. The van der Waals surface area contributed by atoms with Crippen molar-refractivity contribution in [3.05, 3.63) is 45.5 Å². The fourth-order valence-corrected chi connectivity index (χ4v) is 5.46. The van der Waals surface area contributed by atoms with Crippen molar-refractivity contribution >= 4 is 0 Å². The molecule has 0 unspecified atom stereocenters. The lowest BCUT2D eigenvalue weighted by Gasteiger charge is -2.34. The first-order valence-corrected chi connectivity index (χ1v) is 14.1. The molecule has 4 rings (SSSR count). The Morgan fingerprint density at radius 1 is 0.711 bits per heavy atom. The number of benzene rings is 2. The lowest BCUT2D eigenvalue weighted by atomic mass is 9.90. The Morgan fingerprint density at radius 3 is 1.74 bits per heavy atom. The summed E-state index contributed by atoms with van der Waals surface area (Å²) in [5, 5.41) is 0. The molecule has 0 fully saturated rings. The van der Waals surface area contributed by atoms with E-state index in [1.807, 2.05) is 20.8 Å². The predicted molar refractivity (Wildman–Crippen MR) is 159 cm³/mol. The number of fused-ring (bicyclic) bond motifs is 2. The van der Waals surface area contributed by atoms with Gasteiger partial charge in [0.25, 0.3) is 0 Å². The van der Waals surface area contributed by atoms with Crippen LogP contribution in [0.3, 0.4) is 0 Å². The fraction of sp³-hybridized carbons (Fsp3) is 0.625. The van der Waals surface area contributed by atoms with Crippen molar-refractivity contribution in [3.63, 3.8) is 0 Å². The van der Waals surface area contributed by atoms with Gasteiger partial charge in [-0.2, -0.15) is 0 Å². The minimum Gasteiger partial charge on any atom is -0.496 e. The molecule has 38 heavy (non-hydrogen) atoms. The third-order valence-electron chi connectivity index (χ3n) is 7.53. The zero-order chi connectivity index (χ0) is 28.6. The van der Waals surface area contributed by atoms with E-state index in [9.17, 15) is 0 Å². The highest BCUT2D eigenvalue weighted by Crippen LogP contribution is 2.42. The zero-order valence-corrected chi connectivity index (χ0v) is 26.1. The molecule has 0 aliphatic carbocycles. The fourth-order valence-electron chi connectivity index (χ4n) is 5.46. The Labute approximate surface area is 232 Å². The molecule has 0 N–H and O–H groups in total. The molecule has 6 nitrogen and oxygen atoms in total. The Hall–Kier alpha value is -2.44. The largest absolute Gasteiger partial charge is 0.496 e. The van der Waals surface area contributed by atoms with Crippen LogP contribution < -0.4 is 18.9 Å². The van der Waals surface area contributed by atoms with Crippen LogP contribution >= 0.6 is 0 Å². The number of rotatable bonds is 6. The second-order valence-electron chi connectivity index (χ2n) is 10.5. The predicted octanol–water partition coefficient (Wildman–Crippen LogP) is 6.62. The van der Waals surface area contributed by atoms with E-state index in [1.54, 1.807) is 28.4 Å². The highest BCUT2D eigenvalue weighted by Gasteiger charge is 2.27. The van der Waals surface area contributed by atoms with Crippen LogP contribution in [0.15, 0.2) is 12.1 Å². The number of methoxy groups -OCH3 is 4. The highest BCUT2D eigenvalue weighted by molar-refractivity contribution is 5.56. The number of hydrogen-bond donors (Lipinski definition) is 0. The summed E-state index contributed by atoms with van der Waals surface area (Å²) in [6.07, 6.45) is 2.14. The van der Waals surface area contributed by atoms with Crippen LogP contribution in [-0.2, 0) is 25.9 Å². The number of likely N-dealkylation sites (N-methyl/N-ethyl adjacent to an activating group) is 1. The smallest absolute Gasteiger partial charge is 0.130 e. The van der Waals surface area contributed by atoms with Crippen LogP contribution in [0.5, 0.6) is 23.0 Å². The Kier molecular flexibility index (Phi) is 12.2. The van der Waals surface area contributed by atoms with Crippen molar-refractivity contribution in [2.75, 3.05) is 48.6 Å². The molecule has 0 bridgehead atoms. The first-order chi connectivity index (χ1) is 18.2. The number of hydrogen-bond acceptors (Lipinski definition) is 6. The molecule has 0 radical (unpaired) electrons. The van der Waals surface area contributed by atoms with E-state index < -0.39 is 0 Å². The van der Waals surface area contributed by atoms with Gasteiger partial charge in [-0.25, -0.2) is 0 Å². The van der Waals surface area contributed by atoms with E-state index >= 15 is 0 Å². The van der Waals surface area contributed by atoms with Gasteiger partial charge in [-0.05, 0) is 69.8 Å². The highest BCUT2D eigenvalue weighted by atomic mass is 16.5. The standard InChI is InChI=1S/C17H27NO2.C13H19NO2.C2H6/c1-11(2)16-15(19-5)9-13-7-8-18(12(3)4)10-14(13)17(16)20-6;1-9-12(15-3)7-10-5-6-14(2)8-11(10)13(9)16-4;1-2/h9,11-12H,7-8,10H2,1-6H3;7H,5-6,8H2,1-4H3;1-2H3. The van der Waals surface area contributed by atoms with Crippen LogP contribution in [0.1, 0.15) is 80.8 Å². The van der Waals surface area contributed by atoms with E-state index in [-0.39, 0.29) is 0 Å². The molecule has 214 valence electrons. The van der Waals surface area contributed by atoms with Gasteiger partial charge in [0.15, 0.2) is 0 Å². The van der Waals surface area contributed by atoms with Gasteiger partial charge in [-0.15, -0.1) is 0 Å². The van der Waals surface area contributed by atoms with Crippen molar-refractivity contribution in [2.45, 2.75) is 86.4 Å². The Bertz CT molecular complexity index is 1050. The normalized spacial score (nSPS) is 15.0. The van der Waals surface area contributed by atoms with Crippen molar-refractivity contribution < 1.29 is 18.9 Å². The van der Waals surface area contributed by atoms with E-state index in [4.69, 9.17) is 18.9 Å². The van der Waals surface area contributed by atoms with E-state index in [1.165, 1.54) is 27.8 Å². The Morgan fingerprint density at radius 2 is 1.24 bits per heavy atom. The molecule has 6 heteroatoms. The minimum atomic E-state index is 0.389. The molecular formula is C32H52N2O4. The van der Waals surface area contributed by atoms with Gasteiger partial charge in [0.2, 0.25) is 0 Å². The van der Waals surface area contributed by atoms with Gasteiger partial charge in [-0.3, -0.25) is 4.90 Å². The van der Waals surface area contributed by atoms with Crippen molar-refractivity contribution in [2.24, 2.45) is 0 Å². The lowest BCUT2D eigenvalue weighted by Crippen LogP contribution is -2.36. The van der Waals surface area contributed by atoms with E-state index in [0.717, 1.165) is 67.6 Å². The molecule has 2 aromatic rings. The maximum Gasteiger partial charge on any atom is 0.130 e. The average Bonchev–Trinajstić information content (AvgIpc) is 2.92. The van der Waals surface area contributed by atoms with Crippen LogP contribution in [0.4, 0.5) is 0 Å². The van der Waals surface area contributed by atoms with Crippen molar-refractivity contribution in [3.8, 4) is 23.0 Å². The molecule has 0 aromatic heterocycles. The molecule has 2 aromatic carbocycles. The van der Waals surface area contributed by atoms with Crippen LogP contribution in [0, 0.1) is 6.92 Å². The summed E-state index contributed by atoms with van der Waals surface area (Å²) in [6.45, 7) is 19.1. The molecular weight excluding hydrogens is 476 g/mol. The van der Waals surface area contributed by atoms with Gasteiger partial charge < -0.3 is 23.8 Å². The lowest BCUT2D eigenvalue weighted by molar-refractivity contribution is 0.199. The third-order valence-corrected chi connectivity index (χ3v) is 7.53. The summed E-state index contributed by atoms with van der Waals surface area (Å²) < 4.78 is 22.3. The zero-order valence-electron chi connectivity index (χ0n) is 26.1. The topological polar surface area (TPSA) is 43.4 Å². The van der Waals surface area contributed by atoms with Gasteiger partial charge in [0.05, 0.1) is 28.4 Å². The van der Waals surface area contributed by atoms with E-state index in [2.05, 4.69) is 56.7 Å². The summed E-state index contributed by atoms with van der Waals surface area (Å²) in [6, 6.07) is 4.93. The van der Waals surface area contributed by atoms with Crippen LogP contribution in [-0.4, -0.2) is 64.4 Å². The summed E-state index contributed by atoms with van der Waals surface area (Å²) in [7, 11) is 9.10. The summed E-state index contributed by atoms with van der Waals surface area (Å²) in [5.41, 5.74) is 7.68. The van der Waals surface area contributed by atoms with Crippen molar-refractivity contribution in [1.29, 1.82) is 0 Å². The Balaban J connectivity index is 0.000000256. The first-order valence-electron chi connectivity index (χ1n) is 14.1. The third kappa shape index (κ3) is 6.95. The van der Waals surface area contributed by atoms with E-state index in [0.29, 0.717) is 12.0 Å². The van der Waals surface area contributed by atoms with Gasteiger partial charge in [0.1, 0.15) is 23.0 Å².